The molecule has 1 aliphatic rings. The fourth-order valence-electron chi connectivity index (χ4n) is 2.78. The molecule has 0 radical (unpaired) electrons. The van der Waals surface area contributed by atoms with Gasteiger partial charge in [-0.15, -0.1) is 16.4 Å². The van der Waals surface area contributed by atoms with Crippen molar-refractivity contribution in [2.75, 3.05) is 6.54 Å². The summed E-state index contributed by atoms with van der Waals surface area (Å²) in [6, 6.07) is 6.33. The zero-order valence-electron chi connectivity index (χ0n) is 13.3. The lowest BCUT2D eigenvalue weighted by Crippen LogP contribution is -2.35. The Kier molecular flexibility index (Phi) is 4.22. The second-order valence-corrected chi connectivity index (χ2v) is 6.87. The van der Waals surface area contributed by atoms with Crippen LogP contribution in [0.25, 0.3) is 10.6 Å². The zero-order valence-corrected chi connectivity index (χ0v) is 14.1. The van der Waals surface area contributed by atoms with Crippen LogP contribution in [0.2, 0.25) is 0 Å². The molecular formula is C16H15FN6OS. The number of aromatic nitrogens is 5. The number of halogens is 1. The Morgan fingerprint density at radius 2 is 2.12 bits per heavy atom. The van der Waals surface area contributed by atoms with Gasteiger partial charge in [-0.2, -0.15) is 0 Å². The first-order valence-electron chi connectivity index (χ1n) is 7.92. The number of carbonyl (C=O) groups excluding carboxylic acids is 1. The summed E-state index contributed by atoms with van der Waals surface area (Å²) in [6.07, 6.45) is 2.60. The molecule has 1 aliphatic heterocycles. The molecule has 0 fully saturated rings. The Morgan fingerprint density at radius 3 is 2.88 bits per heavy atom. The number of nitrogens with zero attached hydrogens (tertiary/aromatic N) is 6. The minimum Gasteiger partial charge on any atom is -0.337 e. The maximum atomic E-state index is 13.1. The van der Waals surface area contributed by atoms with Gasteiger partial charge in [-0.25, -0.2) is 14.1 Å². The predicted octanol–water partition coefficient (Wildman–Crippen LogP) is 1.91. The van der Waals surface area contributed by atoms with E-state index in [2.05, 4.69) is 20.5 Å². The lowest BCUT2D eigenvalue weighted by atomic mass is 10.1. The second kappa shape index (κ2) is 6.67. The Hall–Kier alpha value is -2.68. The van der Waals surface area contributed by atoms with Crippen molar-refractivity contribution < 1.29 is 9.18 Å². The minimum atomic E-state index is -0.260. The Morgan fingerprint density at radius 1 is 1.28 bits per heavy atom. The summed E-state index contributed by atoms with van der Waals surface area (Å²) < 4.78 is 14.6. The molecule has 0 bridgehead atoms. The SMILES string of the molecule is O=C(CCn1cnnn1)N1CCc2nc(-c3ccc(F)cc3)sc2C1. The number of thiazole rings is 1. The van der Waals surface area contributed by atoms with E-state index in [1.807, 2.05) is 4.90 Å². The van der Waals surface area contributed by atoms with E-state index in [0.29, 0.717) is 26.1 Å². The van der Waals surface area contributed by atoms with Crippen molar-refractivity contribution in [3.8, 4) is 10.6 Å². The fourth-order valence-corrected chi connectivity index (χ4v) is 3.90. The zero-order chi connectivity index (χ0) is 17.2. The first-order valence-corrected chi connectivity index (χ1v) is 8.74. The first kappa shape index (κ1) is 15.8. The van der Waals surface area contributed by atoms with Crippen LogP contribution in [-0.2, 0) is 24.3 Å². The van der Waals surface area contributed by atoms with Crippen molar-refractivity contribution in [1.29, 1.82) is 0 Å². The molecule has 1 aromatic carbocycles. The van der Waals surface area contributed by atoms with Crippen molar-refractivity contribution in [2.45, 2.75) is 25.9 Å². The molecule has 0 aliphatic carbocycles. The average Bonchev–Trinajstić information content (AvgIpc) is 3.29. The molecule has 4 rings (SSSR count). The van der Waals surface area contributed by atoms with Crippen LogP contribution in [0.4, 0.5) is 4.39 Å². The van der Waals surface area contributed by atoms with Crippen LogP contribution in [0.15, 0.2) is 30.6 Å². The average molecular weight is 358 g/mol. The lowest BCUT2D eigenvalue weighted by Gasteiger charge is -2.26. The number of hydrogen-bond acceptors (Lipinski definition) is 6. The van der Waals surface area contributed by atoms with E-state index in [1.165, 1.54) is 18.5 Å². The molecule has 0 saturated carbocycles. The summed E-state index contributed by atoms with van der Waals surface area (Å²) >= 11 is 1.57. The normalized spacial score (nSPS) is 13.7. The molecule has 0 N–H and O–H groups in total. The van der Waals surface area contributed by atoms with Crippen LogP contribution in [-0.4, -0.2) is 42.5 Å². The third kappa shape index (κ3) is 3.41. The smallest absolute Gasteiger partial charge is 0.224 e. The topological polar surface area (TPSA) is 76.8 Å². The maximum Gasteiger partial charge on any atom is 0.224 e. The van der Waals surface area contributed by atoms with E-state index in [-0.39, 0.29) is 11.7 Å². The van der Waals surface area contributed by atoms with Crippen LogP contribution >= 0.6 is 11.3 Å². The molecule has 0 atom stereocenters. The Bertz CT molecular complexity index is 877. The summed E-state index contributed by atoms with van der Waals surface area (Å²) in [4.78, 5) is 20.0. The molecular weight excluding hydrogens is 343 g/mol. The number of rotatable bonds is 4. The Labute approximate surface area is 147 Å². The van der Waals surface area contributed by atoms with Gasteiger partial charge in [0.15, 0.2) is 0 Å². The highest BCUT2D eigenvalue weighted by Gasteiger charge is 2.24. The summed E-state index contributed by atoms with van der Waals surface area (Å²) in [5.41, 5.74) is 1.94. The highest BCUT2D eigenvalue weighted by atomic mass is 32.1. The van der Waals surface area contributed by atoms with E-state index in [1.54, 1.807) is 28.2 Å². The van der Waals surface area contributed by atoms with Crippen LogP contribution < -0.4 is 0 Å². The molecule has 9 heteroatoms. The molecule has 0 unspecified atom stereocenters. The number of fused-ring (bicyclic) bond motifs is 1. The van der Waals surface area contributed by atoms with Crippen molar-refractivity contribution >= 4 is 17.2 Å². The predicted molar refractivity (Wildman–Crippen MR) is 89.1 cm³/mol. The first-order chi connectivity index (χ1) is 12.2. The third-order valence-electron chi connectivity index (χ3n) is 4.12. The van der Waals surface area contributed by atoms with Crippen LogP contribution in [0, 0.1) is 5.82 Å². The number of carbonyl (C=O) groups is 1. The van der Waals surface area contributed by atoms with E-state index in [4.69, 9.17) is 0 Å². The molecule has 1 amide bonds. The summed E-state index contributed by atoms with van der Waals surface area (Å²) in [6.45, 7) is 1.70. The molecule has 0 spiro atoms. The van der Waals surface area contributed by atoms with Gasteiger partial charge in [-0.05, 0) is 34.7 Å². The van der Waals surface area contributed by atoms with E-state index >= 15 is 0 Å². The molecule has 3 aromatic rings. The summed E-state index contributed by atoms with van der Waals surface area (Å²) in [5.74, 6) is -0.178. The van der Waals surface area contributed by atoms with Gasteiger partial charge in [-0.3, -0.25) is 4.79 Å². The van der Waals surface area contributed by atoms with E-state index in [9.17, 15) is 9.18 Å². The third-order valence-corrected chi connectivity index (χ3v) is 5.25. The maximum absolute atomic E-state index is 13.1. The highest BCUT2D eigenvalue weighted by molar-refractivity contribution is 7.15. The Balaban J connectivity index is 1.44. The number of benzene rings is 1. The van der Waals surface area contributed by atoms with Gasteiger partial charge >= 0.3 is 0 Å². The van der Waals surface area contributed by atoms with Crippen molar-refractivity contribution in [3.63, 3.8) is 0 Å². The van der Waals surface area contributed by atoms with Gasteiger partial charge < -0.3 is 4.90 Å². The minimum absolute atomic E-state index is 0.0814. The fraction of sp³-hybridized carbons (Fsp3) is 0.312. The lowest BCUT2D eigenvalue weighted by molar-refractivity contribution is -0.132. The monoisotopic (exact) mass is 358 g/mol. The van der Waals surface area contributed by atoms with Gasteiger partial charge in [0, 0.05) is 29.8 Å². The quantitative estimate of drug-likeness (QED) is 0.712. The molecule has 2 aromatic heterocycles. The molecule has 3 heterocycles. The number of aryl methyl sites for hydroxylation is 1. The summed E-state index contributed by atoms with van der Waals surface area (Å²) in [5, 5.41) is 11.7. The van der Waals surface area contributed by atoms with Gasteiger partial charge in [0.1, 0.15) is 17.2 Å². The molecule has 0 saturated heterocycles. The largest absolute Gasteiger partial charge is 0.337 e. The van der Waals surface area contributed by atoms with Gasteiger partial charge in [0.05, 0.1) is 18.8 Å². The van der Waals surface area contributed by atoms with Crippen molar-refractivity contribution in [1.82, 2.24) is 30.1 Å². The van der Waals surface area contributed by atoms with Gasteiger partial charge in [0.2, 0.25) is 5.91 Å². The van der Waals surface area contributed by atoms with E-state index in [0.717, 1.165) is 27.6 Å². The van der Waals surface area contributed by atoms with Crippen molar-refractivity contribution in [3.05, 3.63) is 47.0 Å². The molecule has 7 nitrogen and oxygen atoms in total. The standard InChI is InChI=1S/C16H15FN6OS/c17-12-3-1-11(2-4-12)16-19-13-5-7-22(9-14(13)25-16)15(24)6-8-23-10-18-20-21-23/h1-4,10H,5-9H2. The van der Waals surface area contributed by atoms with Gasteiger partial charge in [-0.1, -0.05) is 0 Å². The van der Waals surface area contributed by atoms with Gasteiger partial charge in [0.25, 0.3) is 0 Å². The van der Waals surface area contributed by atoms with Crippen LogP contribution in [0.5, 0.6) is 0 Å². The van der Waals surface area contributed by atoms with Crippen LogP contribution in [0.3, 0.4) is 0 Å². The second-order valence-electron chi connectivity index (χ2n) is 5.78. The van der Waals surface area contributed by atoms with Crippen LogP contribution in [0.1, 0.15) is 17.0 Å². The van der Waals surface area contributed by atoms with E-state index < -0.39 is 0 Å². The molecule has 25 heavy (non-hydrogen) atoms. The number of hydrogen-bond donors (Lipinski definition) is 0. The molecule has 128 valence electrons. The summed E-state index contributed by atoms with van der Waals surface area (Å²) in [7, 11) is 0. The number of amides is 1. The number of tetrazole rings is 1. The highest BCUT2D eigenvalue weighted by Crippen LogP contribution is 2.31. The van der Waals surface area contributed by atoms with Crippen molar-refractivity contribution in [2.24, 2.45) is 0 Å².